The van der Waals surface area contributed by atoms with Crippen molar-refractivity contribution in [2.24, 2.45) is 11.6 Å². The summed E-state index contributed by atoms with van der Waals surface area (Å²) < 4.78 is 0. The van der Waals surface area contributed by atoms with Crippen LogP contribution in [0.1, 0.15) is 38.8 Å². The van der Waals surface area contributed by atoms with Crippen LogP contribution >= 0.6 is 0 Å². The molecule has 0 saturated heterocycles. The van der Waals surface area contributed by atoms with Crippen LogP contribution in [0.5, 0.6) is 0 Å². The highest BCUT2D eigenvalue weighted by Gasteiger charge is 2.12. The monoisotopic (exact) mass is 233 g/mol. The minimum atomic E-state index is 0.167. The van der Waals surface area contributed by atoms with Gasteiger partial charge in [-0.2, -0.15) is 0 Å². The highest BCUT2D eigenvalue weighted by atomic mass is 15.4. The summed E-state index contributed by atoms with van der Waals surface area (Å²) in [4.78, 5) is 0. The van der Waals surface area contributed by atoms with Crippen molar-refractivity contribution in [3.8, 4) is 0 Å². The Bertz CT molecular complexity index is 385. The SMILES string of the molecule is CCN(N)/C=C(\N)c1ccc(C(C)(C)C)cc1. The first-order valence-corrected chi connectivity index (χ1v) is 5.94. The average molecular weight is 233 g/mol. The van der Waals surface area contributed by atoms with Gasteiger partial charge in [0.05, 0.1) is 5.70 Å². The quantitative estimate of drug-likeness (QED) is 0.623. The Balaban J connectivity index is 2.92. The summed E-state index contributed by atoms with van der Waals surface area (Å²) in [6.07, 6.45) is 1.76. The minimum Gasteiger partial charge on any atom is -0.397 e. The molecular weight excluding hydrogens is 210 g/mol. The molecule has 0 atom stereocenters. The third kappa shape index (κ3) is 3.79. The standard InChI is InChI=1S/C14H23N3/c1-5-17(16)10-13(15)11-6-8-12(9-7-11)14(2,3)4/h6-10H,5,15-16H2,1-4H3/b13-10-. The summed E-state index contributed by atoms with van der Waals surface area (Å²) in [5.41, 5.74) is 9.13. The van der Waals surface area contributed by atoms with Gasteiger partial charge in [0.25, 0.3) is 0 Å². The van der Waals surface area contributed by atoms with Crippen molar-refractivity contribution in [2.75, 3.05) is 6.54 Å². The second-order valence-electron chi connectivity index (χ2n) is 5.24. The first-order valence-electron chi connectivity index (χ1n) is 5.94. The Kier molecular flexibility index (Phi) is 4.18. The topological polar surface area (TPSA) is 55.3 Å². The van der Waals surface area contributed by atoms with Gasteiger partial charge >= 0.3 is 0 Å². The number of hydrogen-bond acceptors (Lipinski definition) is 3. The van der Waals surface area contributed by atoms with Crippen LogP contribution in [-0.4, -0.2) is 11.6 Å². The third-order valence-corrected chi connectivity index (χ3v) is 2.75. The van der Waals surface area contributed by atoms with E-state index in [1.54, 1.807) is 11.2 Å². The van der Waals surface area contributed by atoms with Crippen LogP contribution in [0.25, 0.3) is 5.70 Å². The summed E-state index contributed by atoms with van der Waals surface area (Å²) in [5, 5.41) is 1.58. The summed E-state index contributed by atoms with van der Waals surface area (Å²) in [7, 11) is 0. The van der Waals surface area contributed by atoms with E-state index in [1.165, 1.54) is 5.56 Å². The molecule has 0 fully saturated rings. The van der Waals surface area contributed by atoms with E-state index in [4.69, 9.17) is 11.6 Å². The number of nitrogens with two attached hydrogens (primary N) is 2. The van der Waals surface area contributed by atoms with E-state index in [0.29, 0.717) is 5.70 Å². The van der Waals surface area contributed by atoms with Gasteiger partial charge in [0, 0.05) is 12.7 Å². The maximum atomic E-state index is 5.97. The van der Waals surface area contributed by atoms with Gasteiger partial charge in [0.1, 0.15) is 0 Å². The van der Waals surface area contributed by atoms with Crippen LogP contribution < -0.4 is 11.6 Å². The maximum absolute atomic E-state index is 5.97. The molecule has 0 aliphatic rings. The largest absolute Gasteiger partial charge is 0.397 e. The fourth-order valence-corrected chi connectivity index (χ4v) is 1.51. The molecule has 0 amide bonds. The number of hydrazine groups is 1. The Morgan fingerprint density at radius 3 is 2.18 bits per heavy atom. The molecule has 1 rings (SSSR count). The van der Waals surface area contributed by atoms with Gasteiger partial charge in [-0.25, -0.2) is 5.84 Å². The highest BCUT2D eigenvalue weighted by molar-refractivity contribution is 5.62. The molecule has 3 heteroatoms. The zero-order chi connectivity index (χ0) is 13.1. The average Bonchev–Trinajstić information content (AvgIpc) is 2.27. The fourth-order valence-electron chi connectivity index (χ4n) is 1.51. The van der Waals surface area contributed by atoms with Gasteiger partial charge in [0.15, 0.2) is 0 Å². The molecule has 0 radical (unpaired) electrons. The summed E-state index contributed by atoms with van der Waals surface area (Å²) >= 11 is 0. The van der Waals surface area contributed by atoms with Crippen LogP contribution in [0.2, 0.25) is 0 Å². The molecule has 1 aromatic carbocycles. The molecule has 0 bridgehead atoms. The number of rotatable bonds is 3. The number of benzene rings is 1. The van der Waals surface area contributed by atoms with Crippen molar-refractivity contribution in [3.63, 3.8) is 0 Å². The second-order valence-corrected chi connectivity index (χ2v) is 5.24. The highest BCUT2D eigenvalue weighted by Crippen LogP contribution is 2.23. The van der Waals surface area contributed by atoms with Crippen LogP contribution in [-0.2, 0) is 5.41 Å². The van der Waals surface area contributed by atoms with E-state index < -0.39 is 0 Å². The van der Waals surface area contributed by atoms with Gasteiger partial charge in [0.2, 0.25) is 0 Å². The van der Waals surface area contributed by atoms with Crippen molar-refractivity contribution < 1.29 is 0 Å². The molecule has 0 aliphatic carbocycles. The van der Waals surface area contributed by atoms with E-state index >= 15 is 0 Å². The Morgan fingerprint density at radius 2 is 1.76 bits per heavy atom. The molecule has 4 N–H and O–H groups in total. The van der Waals surface area contributed by atoms with Gasteiger partial charge in [-0.1, -0.05) is 45.0 Å². The lowest BCUT2D eigenvalue weighted by molar-refractivity contribution is 0.418. The van der Waals surface area contributed by atoms with Crippen molar-refractivity contribution in [1.29, 1.82) is 0 Å². The Morgan fingerprint density at radius 1 is 1.24 bits per heavy atom. The van der Waals surface area contributed by atoms with Gasteiger partial charge in [-0.15, -0.1) is 0 Å². The van der Waals surface area contributed by atoms with Gasteiger partial charge < -0.3 is 10.7 Å². The van der Waals surface area contributed by atoms with Crippen LogP contribution in [0.3, 0.4) is 0 Å². The van der Waals surface area contributed by atoms with Crippen molar-refractivity contribution in [2.45, 2.75) is 33.1 Å². The lowest BCUT2D eigenvalue weighted by Gasteiger charge is -2.19. The lowest BCUT2D eigenvalue weighted by atomic mass is 9.86. The first kappa shape index (κ1) is 13.6. The molecule has 0 aromatic heterocycles. The Labute approximate surface area is 104 Å². The minimum absolute atomic E-state index is 0.167. The third-order valence-electron chi connectivity index (χ3n) is 2.75. The molecule has 0 spiro atoms. The van der Waals surface area contributed by atoms with Gasteiger partial charge in [-0.05, 0) is 23.5 Å². The molecule has 3 nitrogen and oxygen atoms in total. The normalized spacial score (nSPS) is 12.6. The predicted octanol–water partition coefficient (Wildman–Crippen LogP) is 2.44. The van der Waals surface area contributed by atoms with E-state index in [2.05, 4.69) is 32.9 Å². The van der Waals surface area contributed by atoms with E-state index in [-0.39, 0.29) is 5.41 Å². The molecule has 0 aliphatic heterocycles. The molecule has 17 heavy (non-hydrogen) atoms. The van der Waals surface area contributed by atoms with E-state index in [1.807, 2.05) is 19.1 Å². The Hall–Kier alpha value is -1.48. The number of nitrogens with zero attached hydrogens (tertiary/aromatic N) is 1. The van der Waals surface area contributed by atoms with Crippen molar-refractivity contribution >= 4 is 5.70 Å². The van der Waals surface area contributed by atoms with Crippen LogP contribution in [0, 0.1) is 0 Å². The summed E-state index contributed by atoms with van der Waals surface area (Å²) in [6.45, 7) is 9.30. The molecular formula is C14H23N3. The molecule has 0 saturated carbocycles. The molecule has 94 valence electrons. The molecule has 0 heterocycles. The lowest BCUT2D eigenvalue weighted by Crippen LogP contribution is -2.25. The van der Waals surface area contributed by atoms with E-state index in [0.717, 1.165) is 12.1 Å². The van der Waals surface area contributed by atoms with Gasteiger partial charge in [-0.3, -0.25) is 0 Å². The van der Waals surface area contributed by atoms with Crippen molar-refractivity contribution in [3.05, 3.63) is 41.6 Å². The zero-order valence-corrected chi connectivity index (χ0v) is 11.2. The molecule has 0 unspecified atom stereocenters. The first-order chi connectivity index (χ1) is 7.84. The fraction of sp³-hybridized carbons (Fsp3) is 0.429. The number of hydrogen-bond donors (Lipinski definition) is 2. The second kappa shape index (κ2) is 5.23. The predicted molar refractivity (Wildman–Crippen MR) is 73.9 cm³/mol. The zero-order valence-electron chi connectivity index (χ0n) is 11.2. The summed E-state index contributed by atoms with van der Waals surface area (Å²) in [5.74, 6) is 5.69. The smallest absolute Gasteiger partial charge is 0.0564 e. The molecule has 1 aromatic rings. The van der Waals surface area contributed by atoms with Crippen LogP contribution in [0.15, 0.2) is 30.5 Å². The van der Waals surface area contributed by atoms with E-state index in [9.17, 15) is 0 Å². The van der Waals surface area contributed by atoms with Crippen molar-refractivity contribution in [1.82, 2.24) is 5.01 Å². The maximum Gasteiger partial charge on any atom is 0.0564 e. The van der Waals surface area contributed by atoms with Crippen LogP contribution in [0.4, 0.5) is 0 Å². The summed E-state index contributed by atoms with van der Waals surface area (Å²) in [6, 6.07) is 8.30.